The van der Waals surface area contributed by atoms with Crippen LogP contribution in [0.2, 0.25) is 10.0 Å². The molecule has 2 heteroatoms. The van der Waals surface area contributed by atoms with Crippen LogP contribution in [0.15, 0.2) is 72.8 Å². The predicted molar refractivity (Wildman–Crippen MR) is 161 cm³/mol. The maximum Gasteiger partial charge on any atom is 0.0412 e. The molecular formula is C34H30Cl2. The molecule has 0 heterocycles. The molecule has 0 saturated carbocycles. The molecule has 6 rings (SSSR count). The number of hydrogen-bond acceptors (Lipinski definition) is 0. The summed E-state index contributed by atoms with van der Waals surface area (Å²) in [4.78, 5) is 0. The molecule has 0 N–H and O–H groups in total. The van der Waals surface area contributed by atoms with E-state index in [1.807, 2.05) is 12.1 Å². The largest absolute Gasteiger partial charge is 0.0843 e. The lowest BCUT2D eigenvalue weighted by Crippen LogP contribution is -2.11. The molecule has 36 heavy (non-hydrogen) atoms. The van der Waals surface area contributed by atoms with Crippen molar-refractivity contribution in [3.63, 3.8) is 0 Å². The molecule has 6 aromatic rings. The normalized spacial score (nSPS) is 13.0. The van der Waals surface area contributed by atoms with E-state index < -0.39 is 0 Å². The van der Waals surface area contributed by atoms with Gasteiger partial charge in [-0.1, -0.05) is 101 Å². The van der Waals surface area contributed by atoms with Gasteiger partial charge in [0, 0.05) is 10.0 Å². The quantitative estimate of drug-likeness (QED) is 0.179. The highest BCUT2D eigenvalue weighted by atomic mass is 35.5. The van der Waals surface area contributed by atoms with Gasteiger partial charge in [-0.2, -0.15) is 0 Å². The fourth-order valence-electron chi connectivity index (χ4n) is 5.65. The van der Waals surface area contributed by atoms with Crippen molar-refractivity contribution in [2.24, 2.45) is 0 Å². The molecular weight excluding hydrogens is 479 g/mol. The van der Waals surface area contributed by atoms with Crippen LogP contribution in [0.5, 0.6) is 0 Å². The highest BCUT2D eigenvalue weighted by molar-refractivity contribution is 6.41. The van der Waals surface area contributed by atoms with Gasteiger partial charge in [-0.05, 0) is 112 Å². The Labute approximate surface area is 222 Å². The highest BCUT2D eigenvalue weighted by Crippen LogP contribution is 2.46. The van der Waals surface area contributed by atoms with Crippen LogP contribution in [0.1, 0.15) is 52.7 Å². The second-order valence-electron chi connectivity index (χ2n) is 12.2. The van der Waals surface area contributed by atoms with Crippen LogP contribution in [0.4, 0.5) is 0 Å². The van der Waals surface area contributed by atoms with E-state index in [1.165, 1.54) is 65.0 Å². The zero-order valence-corrected chi connectivity index (χ0v) is 23.2. The molecule has 0 saturated heterocycles. The maximum absolute atomic E-state index is 6.63. The highest BCUT2D eigenvalue weighted by Gasteiger charge is 2.21. The average molecular weight is 510 g/mol. The summed E-state index contributed by atoms with van der Waals surface area (Å²) in [5.41, 5.74) is 2.73. The molecule has 0 bridgehead atoms. The summed E-state index contributed by atoms with van der Waals surface area (Å²) in [6.07, 6.45) is 0. The molecule has 0 nitrogen and oxygen atoms in total. The van der Waals surface area contributed by atoms with Crippen LogP contribution in [0, 0.1) is 0 Å². The molecule has 0 unspecified atom stereocenters. The minimum atomic E-state index is 0.0408. The summed E-state index contributed by atoms with van der Waals surface area (Å²) in [6.45, 7) is 13.6. The third kappa shape index (κ3) is 3.58. The lowest BCUT2D eigenvalue weighted by molar-refractivity contribution is 0.591. The van der Waals surface area contributed by atoms with Gasteiger partial charge in [0.25, 0.3) is 0 Å². The second kappa shape index (κ2) is 7.85. The van der Waals surface area contributed by atoms with Gasteiger partial charge < -0.3 is 0 Å². The Morgan fingerprint density at radius 1 is 0.389 bits per heavy atom. The van der Waals surface area contributed by atoms with Crippen LogP contribution in [-0.4, -0.2) is 0 Å². The van der Waals surface area contributed by atoms with E-state index in [4.69, 9.17) is 23.2 Å². The lowest BCUT2D eigenvalue weighted by Gasteiger charge is -2.23. The van der Waals surface area contributed by atoms with Crippen LogP contribution in [-0.2, 0) is 10.8 Å². The molecule has 0 amide bonds. The first-order valence-electron chi connectivity index (χ1n) is 12.6. The second-order valence-corrected chi connectivity index (χ2v) is 13.0. The number of benzene rings is 6. The Hall–Kier alpha value is -2.80. The van der Waals surface area contributed by atoms with Crippen LogP contribution < -0.4 is 0 Å². The Morgan fingerprint density at radius 3 is 1.03 bits per heavy atom. The average Bonchev–Trinajstić information content (AvgIpc) is 2.81. The number of fused-ring (bicyclic) bond motifs is 11. The summed E-state index contributed by atoms with van der Waals surface area (Å²) < 4.78 is 0. The Kier molecular flexibility index (Phi) is 5.14. The molecule has 0 aliphatic heterocycles. The predicted octanol–water partition coefficient (Wildman–Crippen LogP) is 11.4. The Morgan fingerprint density at radius 2 is 0.694 bits per heavy atom. The number of halogens is 2. The molecule has 0 aromatic heterocycles. The van der Waals surface area contributed by atoms with Crippen molar-refractivity contribution in [3.8, 4) is 0 Å². The first-order valence-corrected chi connectivity index (χ1v) is 13.3. The van der Waals surface area contributed by atoms with Gasteiger partial charge in [0.1, 0.15) is 0 Å². The topological polar surface area (TPSA) is 0 Å². The smallest absolute Gasteiger partial charge is 0.0412 e. The van der Waals surface area contributed by atoms with E-state index in [9.17, 15) is 0 Å². The van der Waals surface area contributed by atoms with Gasteiger partial charge in [-0.3, -0.25) is 0 Å². The zero-order chi connectivity index (χ0) is 25.6. The zero-order valence-electron chi connectivity index (χ0n) is 21.7. The summed E-state index contributed by atoms with van der Waals surface area (Å²) in [5.74, 6) is 0. The summed E-state index contributed by atoms with van der Waals surface area (Å²) in [6, 6.07) is 26.6. The van der Waals surface area contributed by atoms with Gasteiger partial charge in [0.2, 0.25) is 0 Å². The first kappa shape index (κ1) is 23.6. The molecule has 0 aliphatic carbocycles. The van der Waals surface area contributed by atoms with Crippen molar-refractivity contribution in [2.75, 3.05) is 0 Å². The van der Waals surface area contributed by atoms with Gasteiger partial charge in [0.05, 0.1) is 0 Å². The fraction of sp³-hybridized carbons (Fsp3) is 0.235. The lowest BCUT2D eigenvalue weighted by atomic mass is 9.80. The van der Waals surface area contributed by atoms with E-state index in [0.29, 0.717) is 0 Å². The summed E-state index contributed by atoms with van der Waals surface area (Å²) >= 11 is 13.3. The van der Waals surface area contributed by atoms with Crippen molar-refractivity contribution in [2.45, 2.75) is 52.4 Å². The SMILES string of the molecule is CC(C)(C)c1ccc2c3ccc(C(C)(C)C)cc3c3c4cc(Cl)ccc4c4ccc(Cl)cc4c3c2c1. The minimum Gasteiger partial charge on any atom is -0.0843 e. The van der Waals surface area contributed by atoms with E-state index in [0.717, 1.165) is 10.0 Å². The van der Waals surface area contributed by atoms with Gasteiger partial charge in [0.15, 0.2) is 0 Å². The molecule has 0 radical (unpaired) electrons. The fourth-order valence-corrected chi connectivity index (χ4v) is 5.99. The van der Waals surface area contributed by atoms with E-state index in [1.54, 1.807) is 0 Å². The van der Waals surface area contributed by atoms with Gasteiger partial charge in [-0.25, -0.2) is 0 Å². The standard InChI is InChI=1S/C34H30Cl2/c1-33(2,3)19-7-11-23-24-12-8-20(34(4,5)6)16-28(24)32-30-18-22(36)10-14-26(30)25-13-9-21(35)17-29(25)31(32)27(23)15-19/h7-18H,1-6H3. The Balaban J connectivity index is 2.02. The third-order valence-corrected chi connectivity index (χ3v) is 8.11. The van der Waals surface area contributed by atoms with Crippen molar-refractivity contribution in [1.29, 1.82) is 0 Å². The van der Waals surface area contributed by atoms with Crippen molar-refractivity contribution in [3.05, 3.63) is 94.0 Å². The molecule has 0 spiro atoms. The van der Waals surface area contributed by atoms with E-state index in [-0.39, 0.29) is 10.8 Å². The maximum atomic E-state index is 6.63. The first-order chi connectivity index (χ1) is 16.9. The van der Waals surface area contributed by atoms with Crippen molar-refractivity contribution >= 4 is 77.1 Å². The third-order valence-electron chi connectivity index (χ3n) is 7.64. The molecule has 6 aromatic carbocycles. The molecule has 0 aliphatic rings. The minimum absolute atomic E-state index is 0.0408. The molecule has 0 fully saturated rings. The Bertz CT molecular complexity index is 1720. The van der Waals surface area contributed by atoms with Gasteiger partial charge in [-0.15, -0.1) is 0 Å². The van der Waals surface area contributed by atoms with Crippen molar-refractivity contribution in [1.82, 2.24) is 0 Å². The molecule has 180 valence electrons. The summed E-state index contributed by atoms with van der Waals surface area (Å²) in [7, 11) is 0. The molecule has 0 atom stereocenters. The van der Waals surface area contributed by atoms with Crippen LogP contribution in [0.3, 0.4) is 0 Å². The number of hydrogen-bond donors (Lipinski definition) is 0. The van der Waals surface area contributed by atoms with Gasteiger partial charge >= 0.3 is 0 Å². The van der Waals surface area contributed by atoms with Crippen LogP contribution >= 0.6 is 23.2 Å². The monoisotopic (exact) mass is 508 g/mol. The summed E-state index contributed by atoms with van der Waals surface area (Å²) in [5, 5.41) is 13.9. The van der Waals surface area contributed by atoms with Crippen molar-refractivity contribution < 1.29 is 0 Å². The van der Waals surface area contributed by atoms with Crippen LogP contribution in [0.25, 0.3) is 53.9 Å². The van der Waals surface area contributed by atoms with E-state index in [2.05, 4.69) is 102 Å². The number of rotatable bonds is 0. The van der Waals surface area contributed by atoms with E-state index >= 15 is 0 Å².